The second-order valence-corrected chi connectivity index (χ2v) is 1.94. The number of amides is 1. The van der Waals surface area contributed by atoms with Gasteiger partial charge in [-0.1, -0.05) is 0 Å². The van der Waals surface area contributed by atoms with Crippen molar-refractivity contribution < 1.29 is 9.53 Å². The molecule has 52 valence electrons. The van der Waals surface area contributed by atoms with Crippen molar-refractivity contribution in [2.75, 3.05) is 13.7 Å². The first-order chi connectivity index (χ1) is 4.16. The first kappa shape index (κ1) is 8.36. The maximum atomic E-state index is 10.2. The van der Waals surface area contributed by atoms with Gasteiger partial charge < -0.3 is 10.1 Å². The molecule has 0 bridgehead atoms. The lowest BCUT2D eigenvalue weighted by Gasteiger charge is -2.00. The first-order valence-corrected chi connectivity index (χ1v) is 2.89. The lowest BCUT2D eigenvalue weighted by atomic mass is 10.6. The topological polar surface area (TPSA) is 38.3 Å². The largest absolute Gasteiger partial charge is 0.488 e. The third-order valence-electron chi connectivity index (χ3n) is 0.709. The highest BCUT2D eigenvalue weighted by atomic mass is 32.1. The molecule has 0 aromatic carbocycles. The molecule has 0 saturated carbocycles. The Morgan fingerprint density at radius 1 is 1.78 bits per heavy atom. The van der Waals surface area contributed by atoms with Gasteiger partial charge in [0, 0.05) is 6.92 Å². The van der Waals surface area contributed by atoms with Gasteiger partial charge in [-0.3, -0.25) is 4.79 Å². The average molecular weight is 147 g/mol. The molecule has 9 heavy (non-hydrogen) atoms. The second-order valence-electron chi connectivity index (χ2n) is 1.49. The van der Waals surface area contributed by atoms with Crippen LogP contribution in [0.3, 0.4) is 0 Å². The van der Waals surface area contributed by atoms with Gasteiger partial charge in [-0.15, -0.1) is 0 Å². The summed E-state index contributed by atoms with van der Waals surface area (Å²) in [5, 5.41) is 2.88. The zero-order chi connectivity index (χ0) is 7.28. The molecule has 4 heteroatoms. The normalized spacial score (nSPS) is 8.22. The molecule has 0 rings (SSSR count). The van der Waals surface area contributed by atoms with E-state index in [0.29, 0.717) is 11.6 Å². The van der Waals surface area contributed by atoms with Gasteiger partial charge >= 0.3 is 0 Å². The van der Waals surface area contributed by atoms with Crippen LogP contribution in [0.4, 0.5) is 0 Å². The predicted molar refractivity (Wildman–Crippen MR) is 38.3 cm³/mol. The fourth-order valence-electron chi connectivity index (χ4n) is 0.269. The van der Waals surface area contributed by atoms with Gasteiger partial charge in [0.25, 0.3) is 0 Å². The quantitative estimate of drug-likeness (QED) is 0.563. The second kappa shape index (κ2) is 4.26. The molecule has 0 saturated heterocycles. The number of hydrogen-bond donors (Lipinski definition) is 1. The number of carbonyl (C=O) groups is 1. The number of methoxy groups -OCH3 is 1. The van der Waals surface area contributed by atoms with Crippen molar-refractivity contribution >= 4 is 23.2 Å². The van der Waals surface area contributed by atoms with Crippen molar-refractivity contribution in [1.82, 2.24) is 5.32 Å². The van der Waals surface area contributed by atoms with Crippen LogP contribution in [0.1, 0.15) is 6.92 Å². The van der Waals surface area contributed by atoms with E-state index in [1.54, 1.807) is 0 Å². The van der Waals surface area contributed by atoms with Crippen molar-refractivity contribution in [2.45, 2.75) is 6.92 Å². The maximum absolute atomic E-state index is 10.2. The zero-order valence-electron chi connectivity index (χ0n) is 5.43. The van der Waals surface area contributed by atoms with Crippen molar-refractivity contribution in [3.63, 3.8) is 0 Å². The molecule has 0 aliphatic heterocycles. The van der Waals surface area contributed by atoms with Crippen LogP contribution in [0.2, 0.25) is 0 Å². The monoisotopic (exact) mass is 147 g/mol. The molecule has 3 nitrogen and oxygen atoms in total. The molecule has 1 N–H and O–H groups in total. The Labute approximate surface area is 59.4 Å². The Bertz CT molecular complexity index is 124. The van der Waals surface area contributed by atoms with Gasteiger partial charge in [0.1, 0.15) is 0 Å². The van der Waals surface area contributed by atoms with Crippen LogP contribution < -0.4 is 5.32 Å². The summed E-state index contributed by atoms with van der Waals surface area (Å²) in [5.41, 5.74) is 0. The number of carbonyl (C=O) groups excluding carboxylic acids is 1. The number of rotatable bonds is 2. The van der Waals surface area contributed by atoms with E-state index in [0.717, 1.165) is 0 Å². The molecule has 0 heterocycles. The number of thiocarbonyl (C=S) groups is 1. The smallest absolute Gasteiger partial charge is 0.217 e. The molecule has 0 aliphatic carbocycles. The Morgan fingerprint density at radius 3 is 2.67 bits per heavy atom. The van der Waals surface area contributed by atoms with E-state index in [4.69, 9.17) is 0 Å². The Morgan fingerprint density at radius 2 is 2.33 bits per heavy atom. The number of ether oxygens (including phenoxy) is 1. The molecule has 1 amide bonds. The van der Waals surface area contributed by atoms with Crippen LogP contribution in [0.15, 0.2) is 0 Å². The van der Waals surface area contributed by atoms with Gasteiger partial charge in [0.05, 0.1) is 13.7 Å². The Balaban J connectivity index is 3.28. The third kappa shape index (κ3) is 5.23. The minimum Gasteiger partial charge on any atom is -0.488 e. The van der Waals surface area contributed by atoms with E-state index in [1.807, 2.05) is 0 Å². The highest BCUT2D eigenvalue weighted by molar-refractivity contribution is 7.80. The minimum absolute atomic E-state index is 0.102. The summed E-state index contributed by atoms with van der Waals surface area (Å²) in [6.07, 6.45) is 0. The standard InChI is InChI=1S/C5H9NO2S/c1-4(7)6-3-5(9)8-2/h3H2,1-2H3,(H,6,7). The summed E-state index contributed by atoms with van der Waals surface area (Å²) in [4.78, 5) is 10.2. The molecule has 0 aromatic rings. The number of nitrogens with one attached hydrogen (secondary N) is 1. The maximum Gasteiger partial charge on any atom is 0.217 e. The van der Waals surface area contributed by atoms with Gasteiger partial charge in [-0.25, -0.2) is 0 Å². The van der Waals surface area contributed by atoms with Crippen LogP contribution in [0.25, 0.3) is 0 Å². The zero-order valence-corrected chi connectivity index (χ0v) is 6.25. The predicted octanol–water partition coefficient (Wildman–Crippen LogP) is 0.0963. The molecule has 0 fully saturated rings. The fourth-order valence-corrected chi connectivity index (χ4v) is 0.341. The van der Waals surface area contributed by atoms with Crippen molar-refractivity contribution in [3.8, 4) is 0 Å². The minimum atomic E-state index is -0.102. The summed E-state index contributed by atoms with van der Waals surface area (Å²) < 4.78 is 4.62. The van der Waals surface area contributed by atoms with E-state index in [1.165, 1.54) is 14.0 Å². The molecule has 0 spiro atoms. The van der Waals surface area contributed by atoms with E-state index < -0.39 is 0 Å². The van der Waals surface area contributed by atoms with Crippen molar-refractivity contribution in [3.05, 3.63) is 0 Å². The van der Waals surface area contributed by atoms with Crippen LogP contribution in [-0.2, 0) is 9.53 Å². The summed E-state index contributed by atoms with van der Waals surface area (Å²) in [5.74, 6) is -0.102. The van der Waals surface area contributed by atoms with Gasteiger partial charge in [0.2, 0.25) is 5.91 Å². The molecule has 0 aliphatic rings. The Kier molecular flexibility index (Phi) is 3.96. The van der Waals surface area contributed by atoms with Gasteiger partial charge in [-0.05, 0) is 12.2 Å². The lowest BCUT2D eigenvalue weighted by Crippen LogP contribution is -2.26. The summed E-state index contributed by atoms with van der Waals surface area (Å²) in [7, 11) is 1.48. The first-order valence-electron chi connectivity index (χ1n) is 2.48. The van der Waals surface area contributed by atoms with E-state index >= 15 is 0 Å². The highest BCUT2D eigenvalue weighted by Gasteiger charge is 1.93. The lowest BCUT2D eigenvalue weighted by molar-refractivity contribution is -0.118. The van der Waals surface area contributed by atoms with Crippen molar-refractivity contribution in [2.24, 2.45) is 0 Å². The van der Waals surface area contributed by atoms with E-state index in [9.17, 15) is 4.79 Å². The number of hydrogen-bond acceptors (Lipinski definition) is 3. The van der Waals surface area contributed by atoms with Crippen LogP contribution >= 0.6 is 12.2 Å². The third-order valence-corrected chi connectivity index (χ3v) is 1.02. The van der Waals surface area contributed by atoms with Gasteiger partial charge in [-0.2, -0.15) is 0 Å². The molecular weight excluding hydrogens is 138 g/mol. The van der Waals surface area contributed by atoms with Crippen LogP contribution in [-0.4, -0.2) is 24.6 Å². The summed E-state index contributed by atoms with van der Waals surface area (Å²) in [6, 6.07) is 0. The molecule has 0 radical (unpaired) electrons. The van der Waals surface area contributed by atoms with Gasteiger partial charge in [0.15, 0.2) is 5.05 Å². The van der Waals surface area contributed by atoms with Crippen molar-refractivity contribution in [1.29, 1.82) is 0 Å². The highest BCUT2D eigenvalue weighted by Crippen LogP contribution is 1.74. The van der Waals surface area contributed by atoms with Crippen LogP contribution in [0.5, 0.6) is 0 Å². The molecule has 0 aromatic heterocycles. The Hall–Kier alpha value is -0.640. The summed E-state index contributed by atoms with van der Waals surface area (Å²) >= 11 is 4.64. The summed E-state index contributed by atoms with van der Waals surface area (Å²) in [6.45, 7) is 1.75. The van der Waals surface area contributed by atoms with Crippen LogP contribution in [0, 0.1) is 0 Å². The van der Waals surface area contributed by atoms with E-state index in [-0.39, 0.29) is 5.91 Å². The molecular formula is C5H9NO2S. The fraction of sp³-hybridized carbons (Fsp3) is 0.600. The SMILES string of the molecule is COC(=S)CNC(C)=O. The average Bonchev–Trinajstić information content (AvgIpc) is 1.83. The molecule has 0 unspecified atom stereocenters. The molecule has 0 atom stereocenters. The van der Waals surface area contributed by atoms with E-state index in [2.05, 4.69) is 22.3 Å².